The Labute approximate surface area is 99.2 Å². The van der Waals surface area contributed by atoms with E-state index in [2.05, 4.69) is 0 Å². The monoisotopic (exact) mass is 256 g/mol. The lowest BCUT2D eigenvalue weighted by Gasteiger charge is -2.25. The van der Waals surface area contributed by atoms with E-state index in [1.165, 1.54) is 4.31 Å². The highest BCUT2D eigenvalue weighted by molar-refractivity contribution is 7.91. The number of rotatable bonds is 2. The van der Waals surface area contributed by atoms with E-state index in [-0.39, 0.29) is 9.77 Å². The summed E-state index contributed by atoms with van der Waals surface area (Å²) in [7, 11) is -3.43. The van der Waals surface area contributed by atoms with Crippen molar-refractivity contribution in [2.75, 3.05) is 13.1 Å². The Morgan fingerprint density at radius 2 is 2.00 bits per heavy atom. The average Bonchev–Trinajstić information content (AvgIpc) is 2.79. The second kappa shape index (κ2) is 4.53. The molecule has 0 atom stereocenters. The first-order valence-electron chi connectivity index (χ1n) is 5.14. The summed E-state index contributed by atoms with van der Waals surface area (Å²) in [5.74, 6) is 0. The van der Waals surface area contributed by atoms with Gasteiger partial charge in [-0.1, -0.05) is 6.42 Å². The fourth-order valence-corrected chi connectivity index (χ4v) is 4.70. The Balaban J connectivity index is 2.35. The first kappa shape index (κ1) is 11.6. The molecule has 1 aliphatic heterocycles. The van der Waals surface area contributed by atoms with Crippen LogP contribution in [0.5, 0.6) is 0 Å². The molecule has 0 unspecified atom stereocenters. The molecule has 6 heteroatoms. The lowest BCUT2D eigenvalue weighted by atomic mass is 10.2. The summed E-state index contributed by atoms with van der Waals surface area (Å²) >= 11 is 1.12. The summed E-state index contributed by atoms with van der Waals surface area (Å²) in [4.78, 5) is 0. The molecule has 0 aromatic carbocycles. The molecule has 1 fully saturated rings. The van der Waals surface area contributed by atoms with Crippen LogP contribution >= 0.6 is 11.3 Å². The van der Waals surface area contributed by atoms with Crippen molar-refractivity contribution >= 4 is 21.4 Å². The fourth-order valence-electron chi connectivity index (χ4n) is 1.80. The van der Waals surface area contributed by atoms with Crippen molar-refractivity contribution in [3.63, 3.8) is 0 Å². The molecule has 86 valence electrons. The van der Waals surface area contributed by atoms with Crippen LogP contribution in [0, 0.1) is 11.3 Å². The van der Waals surface area contributed by atoms with Gasteiger partial charge in [-0.25, -0.2) is 8.42 Å². The number of nitrogens with zero attached hydrogens (tertiary/aromatic N) is 2. The summed E-state index contributed by atoms with van der Waals surface area (Å²) in [6.07, 6.45) is 2.90. The van der Waals surface area contributed by atoms with Gasteiger partial charge in [-0.3, -0.25) is 0 Å². The van der Waals surface area contributed by atoms with Gasteiger partial charge in [0.05, 0.1) is 5.56 Å². The van der Waals surface area contributed by atoms with Crippen molar-refractivity contribution in [1.29, 1.82) is 5.26 Å². The van der Waals surface area contributed by atoms with Gasteiger partial charge in [0.2, 0.25) is 0 Å². The zero-order chi connectivity index (χ0) is 11.6. The molecule has 4 nitrogen and oxygen atoms in total. The quantitative estimate of drug-likeness (QED) is 0.810. The van der Waals surface area contributed by atoms with Crippen LogP contribution in [0.2, 0.25) is 0 Å². The molecule has 0 radical (unpaired) electrons. The second-order valence-corrected chi connectivity index (χ2v) is 6.75. The first-order valence-corrected chi connectivity index (χ1v) is 7.46. The van der Waals surface area contributed by atoms with E-state index in [1.807, 2.05) is 6.07 Å². The highest BCUT2D eigenvalue weighted by Gasteiger charge is 2.29. The Kier molecular flexibility index (Phi) is 3.28. The summed E-state index contributed by atoms with van der Waals surface area (Å²) in [5, 5.41) is 10.5. The molecule has 0 saturated carbocycles. The lowest BCUT2D eigenvalue weighted by Crippen LogP contribution is -2.35. The normalized spacial score (nSPS) is 18.2. The van der Waals surface area contributed by atoms with Crippen LogP contribution in [0.15, 0.2) is 15.7 Å². The predicted octanol–water partition coefficient (Wildman–Crippen LogP) is 1.79. The number of hydrogen-bond acceptors (Lipinski definition) is 4. The van der Waals surface area contributed by atoms with Gasteiger partial charge in [-0.05, 0) is 24.3 Å². The van der Waals surface area contributed by atoms with Crippen LogP contribution in [0.1, 0.15) is 24.8 Å². The average molecular weight is 256 g/mol. The van der Waals surface area contributed by atoms with Crippen LogP contribution in [-0.4, -0.2) is 25.8 Å². The number of sulfonamides is 1. The highest BCUT2D eigenvalue weighted by atomic mass is 32.2. The van der Waals surface area contributed by atoms with Crippen molar-refractivity contribution in [3.8, 4) is 6.07 Å². The summed E-state index contributed by atoms with van der Waals surface area (Å²) in [6, 6.07) is 3.48. The molecule has 1 aliphatic rings. The van der Waals surface area contributed by atoms with Crippen molar-refractivity contribution in [2.45, 2.75) is 23.5 Å². The summed E-state index contributed by atoms with van der Waals surface area (Å²) < 4.78 is 26.1. The van der Waals surface area contributed by atoms with Gasteiger partial charge in [0, 0.05) is 13.1 Å². The van der Waals surface area contributed by atoms with Gasteiger partial charge in [0.25, 0.3) is 10.0 Å². The van der Waals surface area contributed by atoms with Crippen molar-refractivity contribution < 1.29 is 8.42 Å². The van der Waals surface area contributed by atoms with Crippen LogP contribution in [0.25, 0.3) is 0 Å². The van der Waals surface area contributed by atoms with E-state index < -0.39 is 10.0 Å². The van der Waals surface area contributed by atoms with Gasteiger partial charge in [-0.2, -0.15) is 9.57 Å². The van der Waals surface area contributed by atoms with Gasteiger partial charge in [0.15, 0.2) is 4.21 Å². The summed E-state index contributed by atoms with van der Waals surface area (Å²) in [6.45, 7) is 1.15. The number of hydrogen-bond donors (Lipinski definition) is 0. The molecule has 2 rings (SSSR count). The second-order valence-electron chi connectivity index (χ2n) is 3.70. The molecule has 0 spiro atoms. The van der Waals surface area contributed by atoms with Crippen LogP contribution in [-0.2, 0) is 10.0 Å². The van der Waals surface area contributed by atoms with Gasteiger partial charge >= 0.3 is 0 Å². The molecular formula is C10H12N2O2S2. The topological polar surface area (TPSA) is 61.2 Å². The Morgan fingerprint density at radius 1 is 1.31 bits per heavy atom. The molecule has 1 aromatic heterocycles. The molecular weight excluding hydrogens is 244 g/mol. The molecule has 1 saturated heterocycles. The molecule has 0 bridgehead atoms. The molecule has 0 aliphatic carbocycles. The Bertz CT molecular complexity index is 507. The van der Waals surface area contributed by atoms with Crippen LogP contribution in [0.4, 0.5) is 0 Å². The minimum absolute atomic E-state index is 0.192. The smallest absolute Gasteiger partial charge is 0.206 e. The fraction of sp³-hybridized carbons (Fsp3) is 0.500. The van der Waals surface area contributed by atoms with E-state index in [0.717, 1.165) is 30.6 Å². The SMILES string of the molecule is N#Cc1ccsc1S(=O)(=O)N1CCCCC1. The predicted molar refractivity (Wildman–Crippen MR) is 61.6 cm³/mol. The molecule has 0 N–H and O–H groups in total. The van der Waals surface area contributed by atoms with E-state index in [0.29, 0.717) is 13.1 Å². The van der Waals surface area contributed by atoms with E-state index >= 15 is 0 Å². The molecule has 16 heavy (non-hydrogen) atoms. The van der Waals surface area contributed by atoms with E-state index in [4.69, 9.17) is 5.26 Å². The van der Waals surface area contributed by atoms with Crippen molar-refractivity contribution in [2.24, 2.45) is 0 Å². The maximum atomic E-state index is 12.2. The van der Waals surface area contributed by atoms with Crippen LogP contribution in [0.3, 0.4) is 0 Å². The van der Waals surface area contributed by atoms with Gasteiger partial charge in [-0.15, -0.1) is 11.3 Å². The number of piperidine rings is 1. The van der Waals surface area contributed by atoms with E-state index in [1.54, 1.807) is 11.4 Å². The molecule has 0 amide bonds. The maximum absolute atomic E-state index is 12.2. The third-order valence-corrected chi connectivity index (χ3v) is 6.00. The third kappa shape index (κ3) is 1.98. The maximum Gasteiger partial charge on any atom is 0.253 e. The van der Waals surface area contributed by atoms with E-state index in [9.17, 15) is 8.42 Å². The van der Waals surface area contributed by atoms with Gasteiger partial charge < -0.3 is 0 Å². The standard InChI is InChI=1S/C10H12N2O2S2/c11-8-9-4-7-15-10(9)16(13,14)12-5-2-1-3-6-12/h4,7H,1-3,5-6H2. The molecule has 2 heterocycles. The number of nitriles is 1. The van der Waals surface area contributed by atoms with Gasteiger partial charge in [0.1, 0.15) is 6.07 Å². The minimum atomic E-state index is -3.43. The Hall–Kier alpha value is -0.900. The lowest BCUT2D eigenvalue weighted by molar-refractivity contribution is 0.347. The zero-order valence-corrected chi connectivity index (χ0v) is 10.4. The number of thiophene rings is 1. The largest absolute Gasteiger partial charge is 0.253 e. The van der Waals surface area contributed by atoms with Crippen molar-refractivity contribution in [1.82, 2.24) is 4.31 Å². The Morgan fingerprint density at radius 3 is 2.62 bits per heavy atom. The minimum Gasteiger partial charge on any atom is -0.206 e. The molecule has 1 aromatic rings. The van der Waals surface area contributed by atoms with Crippen LogP contribution < -0.4 is 0 Å². The van der Waals surface area contributed by atoms with Crippen molar-refractivity contribution in [3.05, 3.63) is 17.0 Å². The highest BCUT2D eigenvalue weighted by Crippen LogP contribution is 2.27. The third-order valence-electron chi connectivity index (χ3n) is 2.64. The zero-order valence-electron chi connectivity index (χ0n) is 8.72. The first-order chi connectivity index (χ1) is 7.66. The summed E-state index contributed by atoms with van der Waals surface area (Å²) in [5.41, 5.74) is 0.260.